The molecule has 0 aliphatic rings. The Bertz CT molecular complexity index is 810. The van der Waals surface area contributed by atoms with Gasteiger partial charge in [0.2, 0.25) is 0 Å². The maximum Gasteiger partial charge on any atom is 0.258 e. The van der Waals surface area contributed by atoms with Crippen molar-refractivity contribution < 1.29 is 8.42 Å². The number of hydrogen-bond acceptors (Lipinski definition) is 5. The van der Waals surface area contributed by atoms with Crippen LogP contribution in [0.1, 0.15) is 19.7 Å². The van der Waals surface area contributed by atoms with Crippen LogP contribution in [0.5, 0.6) is 0 Å². The highest BCUT2D eigenvalue weighted by molar-refractivity contribution is 7.92. The molecule has 1 aromatic carbocycles. The van der Waals surface area contributed by atoms with Crippen LogP contribution in [-0.4, -0.2) is 35.9 Å². The van der Waals surface area contributed by atoms with E-state index < -0.39 is 14.6 Å². The SMILES string of the molecule is CC(C)(CNCc1nc2ccccc2c(=O)[nH]1)S(C)(=O)=O. The molecule has 0 unspecified atom stereocenters. The summed E-state index contributed by atoms with van der Waals surface area (Å²) < 4.78 is 22.4. The Kier molecular flexibility index (Phi) is 4.15. The van der Waals surface area contributed by atoms with E-state index in [4.69, 9.17) is 0 Å². The second kappa shape index (κ2) is 5.57. The highest BCUT2D eigenvalue weighted by atomic mass is 32.2. The van der Waals surface area contributed by atoms with Crippen LogP contribution in [0.25, 0.3) is 10.9 Å². The van der Waals surface area contributed by atoms with Gasteiger partial charge in [-0.15, -0.1) is 0 Å². The Morgan fingerprint density at radius 2 is 1.95 bits per heavy atom. The Morgan fingerprint density at radius 3 is 2.62 bits per heavy atom. The summed E-state index contributed by atoms with van der Waals surface area (Å²) in [5, 5.41) is 3.57. The number of hydrogen-bond donors (Lipinski definition) is 2. The molecule has 6 nitrogen and oxygen atoms in total. The number of para-hydroxylation sites is 1. The molecule has 0 aliphatic carbocycles. The number of aromatic nitrogens is 2. The van der Waals surface area contributed by atoms with Gasteiger partial charge in [-0.2, -0.15) is 0 Å². The van der Waals surface area contributed by atoms with Crippen molar-refractivity contribution in [3.63, 3.8) is 0 Å². The van der Waals surface area contributed by atoms with Gasteiger partial charge in [0.1, 0.15) is 5.82 Å². The van der Waals surface area contributed by atoms with Crippen molar-refractivity contribution >= 4 is 20.7 Å². The minimum absolute atomic E-state index is 0.195. The van der Waals surface area contributed by atoms with Crippen molar-refractivity contribution in [1.29, 1.82) is 0 Å². The zero-order chi connectivity index (χ0) is 15.7. The van der Waals surface area contributed by atoms with Gasteiger partial charge in [0.05, 0.1) is 22.2 Å². The molecule has 0 saturated heterocycles. The summed E-state index contributed by atoms with van der Waals surface area (Å²) in [5.74, 6) is 0.489. The zero-order valence-electron chi connectivity index (χ0n) is 12.3. The summed E-state index contributed by atoms with van der Waals surface area (Å²) in [6.45, 7) is 3.90. The van der Waals surface area contributed by atoms with Crippen LogP contribution >= 0.6 is 0 Å². The zero-order valence-corrected chi connectivity index (χ0v) is 13.1. The lowest BCUT2D eigenvalue weighted by Gasteiger charge is -2.22. The van der Waals surface area contributed by atoms with Crippen molar-refractivity contribution in [3.8, 4) is 0 Å². The van der Waals surface area contributed by atoms with Crippen LogP contribution in [0.3, 0.4) is 0 Å². The summed E-state index contributed by atoms with van der Waals surface area (Å²) in [4.78, 5) is 18.9. The van der Waals surface area contributed by atoms with E-state index in [1.54, 1.807) is 32.0 Å². The first-order valence-electron chi connectivity index (χ1n) is 6.59. The largest absolute Gasteiger partial charge is 0.309 e. The summed E-state index contributed by atoms with van der Waals surface area (Å²) in [7, 11) is -3.15. The van der Waals surface area contributed by atoms with Gasteiger partial charge in [0.15, 0.2) is 9.84 Å². The summed E-state index contributed by atoms with van der Waals surface area (Å²) in [6, 6.07) is 7.09. The minimum atomic E-state index is -3.15. The maximum absolute atomic E-state index is 11.9. The smallest absolute Gasteiger partial charge is 0.258 e. The van der Waals surface area contributed by atoms with Gasteiger partial charge in [0, 0.05) is 12.8 Å². The predicted molar refractivity (Wildman–Crippen MR) is 83.0 cm³/mol. The first-order chi connectivity index (χ1) is 9.71. The summed E-state index contributed by atoms with van der Waals surface area (Å²) in [5.41, 5.74) is 0.431. The molecular formula is C14H19N3O3S. The van der Waals surface area contributed by atoms with Crippen LogP contribution in [0.4, 0.5) is 0 Å². The lowest BCUT2D eigenvalue weighted by Crippen LogP contribution is -2.41. The molecule has 1 aromatic heterocycles. The lowest BCUT2D eigenvalue weighted by molar-refractivity contribution is 0.517. The summed E-state index contributed by atoms with van der Waals surface area (Å²) >= 11 is 0. The molecule has 1 heterocycles. The molecule has 0 radical (unpaired) electrons. The fourth-order valence-electron chi connectivity index (χ4n) is 1.83. The van der Waals surface area contributed by atoms with Crippen molar-refractivity contribution in [2.24, 2.45) is 0 Å². The second-order valence-corrected chi connectivity index (χ2v) is 8.31. The van der Waals surface area contributed by atoms with Crippen LogP contribution in [0.2, 0.25) is 0 Å². The van der Waals surface area contributed by atoms with Crippen LogP contribution in [0.15, 0.2) is 29.1 Å². The fraction of sp³-hybridized carbons (Fsp3) is 0.429. The summed E-state index contributed by atoms with van der Waals surface area (Å²) in [6.07, 6.45) is 1.21. The highest BCUT2D eigenvalue weighted by Crippen LogP contribution is 2.13. The van der Waals surface area contributed by atoms with Crippen LogP contribution in [-0.2, 0) is 16.4 Å². The number of H-pyrrole nitrogens is 1. The van der Waals surface area contributed by atoms with E-state index >= 15 is 0 Å². The average Bonchev–Trinajstić information content (AvgIpc) is 2.37. The normalized spacial score (nSPS) is 12.7. The molecule has 0 saturated carbocycles. The molecule has 114 valence electrons. The topological polar surface area (TPSA) is 91.9 Å². The molecular weight excluding hydrogens is 290 g/mol. The van der Waals surface area contributed by atoms with Crippen molar-refractivity contribution in [1.82, 2.24) is 15.3 Å². The fourth-order valence-corrected chi connectivity index (χ4v) is 2.20. The monoisotopic (exact) mass is 309 g/mol. The molecule has 0 fully saturated rings. The third kappa shape index (κ3) is 3.48. The van der Waals surface area contributed by atoms with Gasteiger partial charge < -0.3 is 10.3 Å². The van der Waals surface area contributed by atoms with E-state index in [1.165, 1.54) is 6.26 Å². The third-order valence-corrected chi connectivity index (χ3v) is 5.66. The molecule has 2 aromatic rings. The van der Waals surface area contributed by atoms with Gasteiger partial charge >= 0.3 is 0 Å². The molecule has 0 aliphatic heterocycles. The van der Waals surface area contributed by atoms with Crippen molar-refractivity contribution in [3.05, 3.63) is 40.4 Å². The highest BCUT2D eigenvalue weighted by Gasteiger charge is 2.29. The Labute approximate surface area is 123 Å². The Balaban J connectivity index is 2.13. The van der Waals surface area contributed by atoms with Gasteiger partial charge in [-0.1, -0.05) is 12.1 Å². The van der Waals surface area contributed by atoms with E-state index in [1.807, 2.05) is 6.07 Å². The van der Waals surface area contributed by atoms with E-state index in [9.17, 15) is 13.2 Å². The number of sulfone groups is 1. The quantitative estimate of drug-likeness (QED) is 0.854. The van der Waals surface area contributed by atoms with Crippen LogP contribution in [0, 0.1) is 0 Å². The number of nitrogens with zero attached hydrogens (tertiary/aromatic N) is 1. The van der Waals surface area contributed by atoms with E-state index in [0.717, 1.165) is 0 Å². The molecule has 7 heteroatoms. The molecule has 0 atom stereocenters. The Hall–Kier alpha value is -1.73. The molecule has 2 N–H and O–H groups in total. The molecule has 0 spiro atoms. The lowest BCUT2D eigenvalue weighted by atomic mass is 10.2. The van der Waals surface area contributed by atoms with Crippen LogP contribution < -0.4 is 10.9 Å². The number of benzene rings is 1. The number of aromatic amines is 1. The van der Waals surface area contributed by atoms with Gasteiger partial charge in [-0.25, -0.2) is 13.4 Å². The molecule has 0 bridgehead atoms. The van der Waals surface area contributed by atoms with Gasteiger partial charge in [-0.3, -0.25) is 4.79 Å². The first kappa shape index (κ1) is 15.7. The minimum Gasteiger partial charge on any atom is -0.309 e. The van der Waals surface area contributed by atoms with Crippen molar-refractivity contribution in [2.45, 2.75) is 25.1 Å². The van der Waals surface area contributed by atoms with E-state index in [0.29, 0.717) is 23.3 Å². The van der Waals surface area contributed by atoms with Gasteiger partial charge in [0.25, 0.3) is 5.56 Å². The first-order valence-corrected chi connectivity index (χ1v) is 8.48. The average molecular weight is 309 g/mol. The third-order valence-electron chi connectivity index (χ3n) is 3.51. The second-order valence-electron chi connectivity index (χ2n) is 5.67. The van der Waals surface area contributed by atoms with E-state index in [-0.39, 0.29) is 12.1 Å². The maximum atomic E-state index is 11.9. The number of nitrogens with one attached hydrogen (secondary N) is 2. The van der Waals surface area contributed by atoms with Crippen molar-refractivity contribution in [2.75, 3.05) is 12.8 Å². The number of fused-ring (bicyclic) bond motifs is 1. The molecule has 2 rings (SSSR count). The number of rotatable bonds is 5. The standard InChI is InChI=1S/C14H19N3O3S/c1-14(2,21(3,19)20)9-15-8-12-16-11-7-5-4-6-10(11)13(18)17-12/h4-7,15H,8-9H2,1-3H3,(H,16,17,18). The molecule has 21 heavy (non-hydrogen) atoms. The molecule has 0 amide bonds. The predicted octanol–water partition coefficient (Wildman–Crippen LogP) is 0.836. The Morgan fingerprint density at radius 1 is 1.29 bits per heavy atom. The van der Waals surface area contributed by atoms with E-state index in [2.05, 4.69) is 15.3 Å². The van der Waals surface area contributed by atoms with Gasteiger partial charge in [-0.05, 0) is 26.0 Å².